The van der Waals surface area contributed by atoms with Gasteiger partial charge in [-0.2, -0.15) is 0 Å². The van der Waals surface area contributed by atoms with Crippen molar-refractivity contribution in [1.29, 1.82) is 0 Å². The quantitative estimate of drug-likeness (QED) is 0.120. The van der Waals surface area contributed by atoms with Crippen LogP contribution < -0.4 is 9.61 Å². The minimum absolute atomic E-state index is 0.000977. The maximum Gasteiger partial charge on any atom is 0.424 e. The van der Waals surface area contributed by atoms with Crippen molar-refractivity contribution in [3.8, 4) is 11.5 Å². The number of phenols is 1. The van der Waals surface area contributed by atoms with Crippen LogP contribution in [-0.2, 0) is 25.3 Å². The summed E-state index contributed by atoms with van der Waals surface area (Å²) >= 11 is 0. The molecule has 0 aromatic heterocycles. The Hall–Kier alpha value is -2.57. The minimum Gasteiger partial charge on any atom is -0.507 e. The molecule has 1 aliphatic rings. The second kappa shape index (κ2) is 13.8. The number of nitrogens with one attached hydrogen (secondary N) is 1. The second-order valence-corrected chi connectivity index (χ2v) is 11.6. The van der Waals surface area contributed by atoms with Crippen molar-refractivity contribution in [1.82, 2.24) is 5.09 Å². The number of hydrogen-bond acceptors (Lipinski definition) is 7. The standard InChI is InChI=1S/C28H42NO7P/c1-8-10-11-12-21-16-24(30)26(23-15-19(5)13-14-22(23)18(3)4)25(17-21)36-37(33,28(32)34-7)29-20(6)27(31)35-9-2/h15-17,20,22-23,30H,3,8-14H2,1-2,4-7H3,(H,29,33). The molecule has 0 bridgehead atoms. The highest BCUT2D eigenvalue weighted by Gasteiger charge is 2.41. The lowest BCUT2D eigenvalue weighted by molar-refractivity contribution is -0.144. The Balaban J connectivity index is 2.64. The smallest absolute Gasteiger partial charge is 0.424 e. The van der Waals surface area contributed by atoms with Gasteiger partial charge in [-0.15, -0.1) is 0 Å². The van der Waals surface area contributed by atoms with Gasteiger partial charge in [0.2, 0.25) is 0 Å². The van der Waals surface area contributed by atoms with Crippen molar-refractivity contribution in [3.63, 3.8) is 0 Å². The summed E-state index contributed by atoms with van der Waals surface area (Å²) < 4.78 is 29.7. The number of benzene rings is 1. The molecule has 0 fully saturated rings. The first kappa shape index (κ1) is 30.7. The van der Waals surface area contributed by atoms with E-state index in [1.807, 2.05) is 13.8 Å². The Morgan fingerprint density at radius 2 is 1.97 bits per heavy atom. The van der Waals surface area contributed by atoms with Crippen LogP contribution in [0.3, 0.4) is 0 Å². The van der Waals surface area contributed by atoms with Crippen molar-refractivity contribution >= 4 is 19.2 Å². The number of unbranched alkanes of at least 4 members (excludes halogenated alkanes) is 2. The summed E-state index contributed by atoms with van der Waals surface area (Å²) in [6.45, 7) is 13.4. The molecule has 0 amide bonds. The normalized spacial score (nSPS) is 19.8. The highest BCUT2D eigenvalue weighted by atomic mass is 31.2. The molecule has 1 aromatic carbocycles. The molecule has 0 saturated carbocycles. The van der Waals surface area contributed by atoms with Crippen LogP contribution in [0.2, 0.25) is 0 Å². The summed E-state index contributed by atoms with van der Waals surface area (Å²) in [5, 5.41) is 13.8. The Morgan fingerprint density at radius 1 is 1.27 bits per heavy atom. The van der Waals surface area contributed by atoms with E-state index in [1.165, 1.54) is 6.92 Å². The first-order valence-corrected chi connectivity index (χ1v) is 14.6. The van der Waals surface area contributed by atoms with E-state index in [-0.39, 0.29) is 29.9 Å². The van der Waals surface area contributed by atoms with Gasteiger partial charge < -0.3 is 19.1 Å². The molecular weight excluding hydrogens is 493 g/mol. The van der Waals surface area contributed by atoms with Crippen LogP contribution in [-0.4, -0.2) is 36.5 Å². The summed E-state index contributed by atoms with van der Waals surface area (Å²) in [5.41, 5.74) is 2.20. The number of allylic oxidation sites excluding steroid dienone is 3. The average molecular weight is 536 g/mol. The van der Waals surface area contributed by atoms with Crippen molar-refractivity contribution in [2.24, 2.45) is 5.92 Å². The number of hydrogen-bond donors (Lipinski definition) is 2. The van der Waals surface area contributed by atoms with Crippen LogP contribution in [0.25, 0.3) is 0 Å². The predicted octanol–water partition coefficient (Wildman–Crippen LogP) is 7.02. The van der Waals surface area contributed by atoms with Crippen molar-refractivity contribution in [3.05, 3.63) is 47.1 Å². The molecule has 1 aromatic rings. The van der Waals surface area contributed by atoms with Gasteiger partial charge in [0.05, 0.1) is 13.7 Å². The average Bonchev–Trinajstić information content (AvgIpc) is 2.83. The number of aromatic hydroxyl groups is 1. The minimum atomic E-state index is -4.44. The molecule has 0 heterocycles. The largest absolute Gasteiger partial charge is 0.507 e. The maximum atomic E-state index is 13.9. The van der Waals surface area contributed by atoms with Gasteiger partial charge in [0.15, 0.2) is 0 Å². The van der Waals surface area contributed by atoms with Gasteiger partial charge in [0.25, 0.3) is 0 Å². The van der Waals surface area contributed by atoms with Crippen LogP contribution in [0.5, 0.6) is 11.5 Å². The van der Waals surface area contributed by atoms with Gasteiger partial charge in [0, 0.05) is 11.5 Å². The lowest BCUT2D eigenvalue weighted by Crippen LogP contribution is -2.36. The molecule has 0 radical (unpaired) electrons. The molecule has 37 heavy (non-hydrogen) atoms. The zero-order valence-corrected chi connectivity index (χ0v) is 23.9. The van der Waals surface area contributed by atoms with Crippen LogP contribution in [0.4, 0.5) is 4.79 Å². The molecule has 8 nitrogen and oxygen atoms in total. The molecule has 1 aliphatic carbocycles. The van der Waals surface area contributed by atoms with Crippen LogP contribution in [0.15, 0.2) is 35.9 Å². The first-order valence-electron chi connectivity index (χ1n) is 13.0. The number of methoxy groups -OCH3 is 1. The fraction of sp³-hybridized carbons (Fsp3) is 0.571. The summed E-state index contributed by atoms with van der Waals surface area (Å²) in [6.07, 6.45) is 7.44. The number of phenolic OH excluding ortho intramolecular Hbond substituents is 1. The molecule has 4 atom stereocenters. The highest BCUT2D eigenvalue weighted by Crippen LogP contribution is 2.52. The molecular formula is C28H42NO7P. The Labute approximate surface area is 221 Å². The Morgan fingerprint density at radius 3 is 2.57 bits per heavy atom. The van der Waals surface area contributed by atoms with E-state index in [9.17, 15) is 19.3 Å². The van der Waals surface area contributed by atoms with E-state index in [0.717, 1.165) is 55.9 Å². The lowest BCUT2D eigenvalue weighted by Gasteiger charge is -2.33. The van der Waals surface area contributed by atoms with Gasteiger partial charge in [-0.1, -0.05) is 43.6 Å². The third kappa shape index (κ3) is 7.96. The van der Waals surface area contributed by atoms with Gasteiger partial charge in [-0.05, 0) is 77.0 Å². The van der Waals surface area contributed by atoms with Crippen LogP contribution in [0, 0.1) is 5.92 Å². The highest BCUT2D eigenvalue weighted by molar-refractivity contribution is 7.74. The van der Waals surface area contributed by atoms with Crippen molar-refractivity contribution in [2.75, 3.05) is 13.7 Å². The summed E-state index contributed by atoms with van der Waals surface area (Å²) in [6, 6.07) is 2.34. The molecule has 0 aliphatic heterocycles. The van der Waals surface area contributed by atoms with Gasteiger partial charge in [0.1, 0.15) is 17.5 Å². The summed E-state index contributed by atoms with van der Waals surface area (Å²) in [5.74, 6) is -0.835. The van der Waals surface area contributed by atoms with E-state index in [0.29, 0.717) is 12.0 Å². The van der Waals surface area contributed by atoms with E-state index in [1.54, 1.807) is 19.1 Å². The number of ether oxygens (including phenoxy) is 2. The molecule has 206 valence electrons. The SMILES string of the molecule is C=C(C)C1CCC(C)=CC1c1c(O)cc(CCCCC)cc1OP(=O)(NC(C)C(=O)OCC)C(=O)OC. The van der Waals surface area contributed by atoms with E-state index < -0.39 is 25.2 Å². The third-order valence-electron chi connectivity index (χ3n) is 6.61. The molecule has 9 heteroatoms. The third-order valence-corrected chi connectivity index (χ3v) is 8.45. The summed E-state index contributed by atoms with van der Waals surface area (Å²) in [7, 11) is -3.34. The number of rotatable bonds is 13. The molecule has 2 N–H and O–H groups in total. The zero-order chi connectivity index (χ0) is 27.8. The predicted molar refractivity (Wildman–Crippen MR) is 145 cm³/mol. The van der Waals surface area contributed by atoms with E-state index in [2.05, 4.69) is 24.7 Å². The molecule has 2 rings (SSSR count). The van der Waals surface area contributed by atoms with Crippen LogP contribution in [0.1, 0.15) is 83.8 Å². The summed E-state index contributed by atoms with van der Waals surface area (Å²) in [4.78, 5) is 25.0. The van der Waals surface area contributed by atoms with E-state index >= 15 is 0 Å². The number of esters is 1. The molecule has 0 saturated heterocycles. The fourth-order valence-corrected chi connectivity index (χ4v) is 6.17. The van der Waals surface area contributed by atoms with Gasteiger partial charge in [-0.3, -0.25) is 4.79 Å². The fourth-order valence-electron chi connectivity index (χ4n) is 4.66. The molecule has 0 spiro atoms. The zero-order valence-electron chi connectivity index (χ0n) is 23.0. The maximum absolute atomic E-state index is 13.9. The monoisotopic (exact) mass is 535 g/mol. The van der Waals surface area contributed by atoms with Crippen molar-refractivity contribution < 1.29 is 33.3 Å². The van der Waals surface area contributed by atoms with Gasteiger partial charge in [-0.25, -0.2) is 14.4 Å². The first-order chi connectivity index (χ1) is 17.5. The molecule has 4 unspecified atom stereocenters. The second-order valence-electron chi connectivity index (χ2n) is 9.73. The van der Waals surface area contributed by atoms with E-state index in [4.69, 9.17) is 14.0 Å². The number of carbonyl (C=O) groups excluding carboxylic acids is 2. The number of carbonyl (C=O) groups is 2. The van der Waals surface area contributed by atoms with Crippen molar-refractivity contribution in [2.45, 2.75) is 85.1 Å². The Bertz CT molecular complexity index is 1060. The lowest BCUT2D eigenvalue weighted by atomic mass is 9.73. The Kier molecular flexibility index (Phi) is 11.5. The topological polar surface area (TPSA) is 111 Å². The number of aryl methyl sites for hydroxylation is 1. The van der Waals surface area contributed by atoms with Gasteiger partial charge >= 0.3 is 19.2 Å². The van der Waals surface area contributed by atoms with Crippen LogP contribution >= 0.6 is 7.52 Å².